The van der Waals surface area contributed by atoms with Crippen molar-refractivity contribution in [2.75, 3.05) is 33.5 Å². The van der Waals surface area contributed by atoms with Crippen LogP contribution in [0.1, 0.15) is 26.2 Å². The fourth-order valence-electron chi connectivity index (χ4n) is 2.42. The van der Waals surface area contributed by atoms with E-state index in [9.17, 15) is 4.79 Å². The second-order valence-corrected chi connectivity index (χ2v) is 5.27. The van der Waals surface area contributed by atoms with Gasteiger partial charge in [0.25, 0.3) is 0 Å². The van der Waals surface area contributed by atoms with Crippen molar-refractivity contribution in [2.24, 2.45) is 5.92 Å². The molecular formula is C13H24N2O3. The second-order valence-electron chi connectivity index (χ2n) is 5.27. The summed E-state index contributed by atoms with van der Waals surface area (Å²) in [5, 5.41) is 3.06. The number of methoxy groups -OCH3 is 1. The summed E-state index contributed by atoms with van der Waals surface area (Å²) in [6.45, 7) is 4.78. The van der Waals surface area contributed by atoms with Crippen molar-refractivity contribution in [2.45, 2.75) is 38.3 Å². The lowest BCUT2D eigenvalue weighted by molar-refractivity contribution is 0.124. The van der Waals surface area contributed by atoms with E-state index in [1.807, 2.05) is 4.90 Å². The smallest absolute Gasteiger partial charge is 0.318 e. The summed E-state index contributed by atoms with van der Waals surface area (Å²) in [6, 6.07) is 0.512. The molecule has 0 aromatic carbocycles. The van der Waals surface area contributed by atoms with Crippen LogP contribution in [0.25, 0.3) is 0 Å². The average Bonchev–Trinajstić information content (AvgIpc) is 3.09. The van der Waals surface area contributed by atoms with Gasteiger partial charge in [-0.05, 0) is 32.1 Å². The highest BCUT2D eigenvalue weighted by Crippen LogP contribution is 2.35. The zero-order valence-corrected chi connectivity index (χ0v) is 11.4. The predicted octanol–water partition coefficient (Wildman–Crippen LogP) is 1.23. The Bertz CT molecular complexity index is 275. The number of nitrogens with zero attached hydrogens (tertiary/aromatic N) is 1. The first-order chi connectivity index (χ1) is 8.72. The molecule has 0 aromatic rings. The van der Waals surface area contributed by atoms with E-state index in [2.05, 4.69) is 12.2 Å². The van der Waals surface area contributed by atoms with Crippen LogP contribution in [0.15, 0.2) is 0 Å². The maximum Gasteiger partial charge on any atom is 0.318 e. The van der Waals surface area contributed by atoms with Gasteiger partial charge in [-0.2, -0.15) is 0 Å². The van der Waals surface area contributed by atoms with E-state index in [-0.39, 0.29) is 12.1 Å². The minimum absolute atomic E-state index is 0.0296. The first-order valence-electron chi connectivity index (χ1n) is 6.86. The molecule has 5 heteroatoms. The zero-order valence-electron chi connectivity index (χ0n) is 11.4. The van der Waals surface area contributed by atoms with Gasteiger partial charge in [0.2, 0.25) is 0 Å². The van der Waals surface area contributed by atoms with Crippen LogP contribution in [0, 0.1) is 5.92 Å². The van der Waals surface area contributed by atoms with Gasteiger partial charge in [0.1, 0.15) is 0 Å². The van der Waals surface area contributed by atoms with E-state index >= 15 is 0 Å². The van der Waals surface area contributed by atoms with Crippen LogP contribution in [0.5, 0.6) is 0 Å². The lowest BCUT2D eigenvalue weighted by atomic mass is 10.2. The van der Waals surface area contributed by atoms with E-state index in [1.54, 1.807) is 7.11 Å². The molecule has 2 rings (SSSR count). The van der Waals surface area contributed by atoms with Crippen molar-refractivity contribution >= 4 is 6.03 Å². The van der Waals surface area contributed by atoms with Gasteiger partial charge in [0, 0.05) is 26.3 Å². The standard InChI is InChI=1S/C13H24N2O3/c1-10(11-3-4-11)15(6-8-17-2)13(16)14-12-5-7-18-9-12/h10-12H,3-9H2,1-2H3,(H,14,16). The monoisotopic (exact) mass is 256 g/mol. The van der Waals surface area contributed by atoms with Crippen molar-refractivity contribution in [3.63, 3.8) is 0 Å². The molecule has 2 fully saturated rings. The summed E-state index contributed by atoms with van der Waals surface area (Å²) in [5.41, 5.74) is 0. The van der Waals surface area contributed by atoms with Crippen LogP contribution in [-0.2, 0) is 9.47 Å². The third-order valence-electron chi connectivity index (χ3n) is 3.85. The number of amides is 2. The molecule has 1 heterocycles. The van der Waals surface area contributed by atoms with Gasteiger partial charge in [-0.1, -0.05) is 0 Å². The highest BCUT2D eigenvalue weighted by molar-refractivity contribution is 5.75. The van der Waals surface area contributed by atoms with E-state index in [4.69, 9.17) is 9.47 Å². The maximum absolute atomic E-state index is 12.3. The Hall–Kier alpha value is -0.810. The van der Waals surface area contributed by atoms with Gasteiger partial charge < -0.3 is 19.7 Å². The van der Waals surface area contributed by atoms with E-state index in [0.29, 0.717) is 31.7 Å². The lowest BCUT2D eigenvalue weighted by Crippen LogP contribution is -2.50. The Kier molecular flexibility index (Phi) is 4.83. The minimum atomic E-state index is 0.0296. The fraction of sp³-hybridized carbons (Fsp3) is 0.923. The SMILES string of the molecule is COCCN(C(=O)NC1CCOC1)C(C)C1CC1. The predicted molar refractivity (Wildman–Crippen MR) is 68.5 cm³/mol. The summed E-state index contributed by atoms with van der Waals surface area (Å²) in [7, 11) is 1.67. The highest BCUT2D eigenvalue weighted by Gasteiger charge is 2.34. The number of urea groups is 1. The van der Waals surface area contributed by atoms with Crippen LogP contribution in [0.2, 0.25) is 0 Å². The minimum Gasteiger partial charge on any atom is -0.383 e. The van der Waals surface area contributed by atoms with Gasteiger partial charge in [-0.25, -0.2) is 4.79 Å². The topological polar surface area (TPSA) is 50.8 Å². The molecule has 0 aromatic heterocycles. The van der Waals surface area contributed by atoms with Crippen LogP contribution in [-0.4, -0.2) is 56.5 Å². The van der Waals surface area contributed by atoms with Crippen LogP contribution in [0.4, 0.5) is 4.79 Å². The molecule has 2 amide bonds. The van der Waals surface area contributed by atoms with Crippen molar-refractivity contribution in [3.8, 4) is 0 Å². The Balaban J connectivity index is 1.86. The molecule has 0 radical (unpaired) electrons. The van der Waals surface area contributed by atoms with Gasteiger partial charge in [0.05, 0.1) is 19.3 Å². The van der Waals surface area contributed by atoms with E-state index in [0.717, 1.165) is 13.0 Å². The molecule has 2 aliphatic rings. The van der Waals surface area contributed by atoms with E-state index < -0.39 is 0 Å². The first-order valence-corrected chi connectivity index (χ1v) is 6.86. The number of nitrogens with one attached hydrogen (secondary N) is 1. The third-order valence-corrected chi connectivity index (χ3v) is 3.85. The molecule has 1 N–H and O–H groups in total. The highest BCUT2D eigenvalue weighted by atomic mass is 16.5. The second kappa shape index (κ2) is 6.38. The van der Waals surface area contributed by atoms with Gasteiger partial charge >= 0.3 is 6.03 Å². The summed E-state index contributed by atoms with van der Waals surface area (Å²) >= 11 is 0. The third kappa shape index (κ3) is 3.59. The normalized spacial score (nSPS) is 24.9. The number of hydrogen-bond donors (Lipinski definition) is 1. The maximum atomic E-state index is 12.3. The molecule has 1 aliphatic heterocycles. The number of ether oxygens (including phenoxy) is 2. The number of carbonyl (C=O) groups excluding carboxylic acids is 1. The summed E-state index contributed by atoms with van der Waals surface area (Å²) < 4.78 is 10.4. The van der Waals surface area contributed by atoms with Gasteiger partial charge in [0.15, 0.2) is 0 Å². The largest absolute Gasteiger partial charge is 0.383 e. The van der Waals surface area contributed by atoms with E-state index in [1.165, 1.54) is 12.8 Å². The molecule has 104 valence electrons. The van der Waals surface area contributed by atoms with Gasteiger partial charge in [-0.3, -0.25) is 0 Å². The number of hydrogen-bond acceptors (Lipinski definition) is 3. The molecule has 18 heavy (non-hydrogen) atoms. The fourth-order valence-corrected chi connectivity index (χ4v) is 2.42. The molecule has 1 saturated heterocycles. The Morgan fingerprint density at radius 2 is 2.28 bits per heavy atom. The Labute approximate surface area is 109 Å². The lowest BCUT2D eigenvalue weighted by Gasteiger charge is -2.30. The van der Waals surface area contributed by atoms with Crippen LogP contribution >= 0.6 is 0 Å². The van der Waals surface area contributed by atoms with Gasteiger partial charge in [-0.15, -0.1) is 0 Å². The van der Waals surface area contributed by atoms with Crippen molar-refractivity contribution < 1.29 is 14.3 Å². The quantitative estimate of drug-likeness (QED) is 0.777. The molecule has 1 saturated carbocycles. The van der Waals surface area contributed by atoms with Crippen molar-refractivity contribution in [1.29, 1.82) is 0 Å². The Morgan fingerprint density at radius 1 is 1.50 bits per heavy atom. The number of rotatable bonds is 6. The first kappa shape index (κ1) is 13.6. The molecular weight excluding hydrogens is 232 g/mol. The molecule has 0 spiro atoms. The summed E-state index contributed by atoms with van der Waals surface area (Å²) in [6.07, 6.45) is 3.40. The molecule has 0 bridgehead atoms. The Morgan fingerprint density at radius 3 is 2.83 bits per heavy atom. The molecule has 2 atom stereocenters. The van der Waals surface area contributed by atoms with Crippen LogP contribution < -0.4 is 5.32 Å². The summed E-state index contributed by atoms with van der Waals surface area (Å²) in [4.78, 5) is 14.2. The van der Waals surface area contributed by atoms with Crippen molar-refractivity contribution in [3.05, 3.63) is 0 Å². The molecule has 2 unspecified atom stereocenters. The molecule has 5 nitrogen and oxygen atoms in total. The average molecular weight is 256 g/mol. The summed E-state index contributed by atoms with van der Waals surface area (Å²) in [5.74, 6) is 0.674. The van der Waals surface area contributed by atoms with Crippen molar-refractivity contribution in [1.82, 2.24) is 10.2 Å². The van der Waals surface area contributed by atoms with Crippen LogP contribution in [0.3, 0.4) is 0 Å². The zero-order chi connectivity index (χ0) is 13.0. The number of carbonyl (C=O) groups is 1. The molecule has 1 aliphatic carbocycles.